The summed E-state index contributed by atoms with van der Waals surface area (Å²) in [5.74, 6) is 0.837. The lowest BCUT2D eigenvalue weighted by molar-refractivity contribution is -0.122. The predicted molar refractivity (Wildman–Crippen MR) is 95.7 cm³/mol. The summed E-state index contributed by atoms with van der Waals surface area (Å²) in [5, 5.41) is 6.80. The lowest BCUT2D eigenvalue weighted by atomic mass is 9.89. The average Bonchev–Trinajstić information content (AvgIpc) is 2.93. The number of rotatable bonds is 5. The normalized spacial score (nSPS) is 29.2. The van der Waals surface area contributed by atoms with Crippen LogP contribution in [0.1, 0.15) is 43.2 Å². The second-order valence-corrected chi connectivity index (χ2v) is 7.82. The van der Waals surface area contributed by atoms with Crippen molar-refractivity contribution in [2.75, 3.05) is 19.6 Å². The Morgan fingerprint density at radius 2 is 1.92 bits per heavy atom. The van der Waals surface area contributed by atoms with Gasteiger partial charge in [-0.3, -0.25) is 9.69 Å². The average molecular weight is 327 g/mol. The maximum atomic E-state index is 12.2. The molecule has 0 saturated carbocycles. The van der Waals surface area contributed by atoms with Crippen LogP contribution in [0.5, 0.6) is 0 Å². The van der Waals surface area contributed by atoms with Gasteiger partial charge in [-0.2, -0.15) is 0 Å². The van der Waals surface area contributed by atoms with Gasteiger partial charge in [-0.25, -0.2) is 0 Å². The van der Waals surface area contributed by atoms with E-state index in [1.807, 2.05) is 0 Å². The fourth-order valence-corrected chi connectivity index (χ4v) is 4.77. The molecule has 1 aromatic carbocycles. The van der Waals surface area contributed by atoms with Crippen molar-refractivity contribution in [3.05, 3.63) is 35.4 Å². The van der Waals surface area contributed by atoms with Gasteiger partial charge in [0.15, 0.2) is 0 Å². The fourth-order valence-electron chi connectivity index (χ4n) is 4.77. The molecule has 4 heteroatoms. The molecule has 2 atom stereocenters. The minimum atomic E-state index is 0.249. The van der Waals surface area contributed by atoms with Crippen LogP contribution in [0.2, 0.25) is 0 Å². The van der Waals surface area contributed by atoms with Crippen LogP contribution in [0.4, 0.5) is 0 Å². The molecular formula is C20H29N3O. The number of carbonyl (C=O) groups is 1. The minimum absolute atomic E-state index is 0.249. The highest BCUT2D eigenvalue weighted by atomic mass is 16.1. The Balaban J connectivity index is 1.17. The second-order valence-electron chi connectivity index (χ2n) is 7.82. The summed E-state index contributed by atoms with van der Waals surface area (Å²) in [6, 6.07) is 10.1. The number of hydrogen-bond acceptors (Lipinski definition) is 3. The summed E-state index contributed by atoms with van der Waals surface area (Å²) in [6.07, 6.45) is 6.83. The quantitative estimate of drug-likeness (QED) is 0.870. The Labute approximate surface area is 145 Å². The molecule has 4 nitrogen and oxygen atoms in total. The van der Waals surface area contributed by atoms with Crippen molar-refractivity contribution < 1.29 is 4.79 Å². The van der Waals surface area contributed by atoms with Crippen molar-refractivity contribution in [2.24, 2.45) is 5.92 Å². The van der Waals surface area contributed by atoms with E-state index in [1.54, 1.807) is 0 Å². The Kier molecular flexibility index (Phi) is 4.86. The lowest BCUT2D eigenvalue weighted by Gasteiger charge is -2.29. The van der Waals surface area contributed by atoms with Crippen molar-refractivity contribution in [2.45, 2.75) is 57.2 Å². The zero-order chi connectivity index (χ0) is 16.4. The first-order valence-corrected chi connectivity index (χ1v) is 9.58. The van der Waals surface area contributed by atoms with E-state index in [1.165, 1.54) is 36.8 Å². The third-order valence-electron chi connectivity index (χ3n) is 6.00. The molecule has 24 heavy (non-hydrogen) atoms. The SMILES string of the molecule is O=C(CC1CC2CCC(C1)N2)NCCN1CCc2ccccc2C1. The van der Waals surface area contributed by atoms with Crippen LogP contribution >= 0.6 is 0 Å². The van der Waals surface area contributed by atoms with Crippen LogP contribution in [0.15, 0.2) is 24.3 Å². The van der Waals surface area contributed by atoms with E-state index >= 15 is 0 Å². The van der Waals surface area contributed by atoms with Crippen LogP contribution in [0.3, 0.4) is 0 Å². The highest BCUT2D eigenvalue weighted by Gasteiger charge is 2.34. The molecule has 1 aromatic rings. The summed E-state index contributed by atoms with van der Waals surface area (Å²) in [7, 11) is 0. The van der Waals surface area contributed by atoms with E-state index in [0.29, 0.717) is 18.0 Å². The van der Waals surface area contributed by atoms with Gasteiger partial charge in [-0.1, -0.05) is 24.3 Å². The molecule has 2 N–H and O–H groups in total. The summed E-state index contributed by atoms with van der Waals surface area (Å²) in [5.41, 5.74) is 2.93. The fraction of sp³-hybridized carbons (Fsp3) is 0.650. The Hall–Kier alpha value is -1.39. The van der Waals surface area contributed by atoms with Gasteiger partial charge in [0.2, 0.25) is 5.91 Å². The van der Waals surface area contributed by atoms with E-state index in [-0.39, 0.29) is 5.91 Å². The predicted octanol–water partition coefficient (Wildman–Crippen LogP) is 2.08. The Morgan fingerprint density at radius 1 is 1.17 bits per heavy atom. The van der Waals surface area contributed by atoms with Gasteiger partial charge in [0.1, 0.15) is 0 Å². The molecule has 2 bridgehead atoms. The van der Waals surface area contributed by atoms with Crippen LogP contribution in [-0.2, 0) is 17.8 Å². The molecule has 0 aliphatic carbocycles. The summed E-state index contributed by atoms with van der Waals surface area (Å²) < 4.78 is 0. The van der Waals surface area contributed by atoms with E-state index in [9.17, 15) is 4.79 Å². The molecule has 3 aliphatic heterocycles. The molecule has 1 amide bonds. The van der Waals surface area contributed by atoms with Gasteiger partial charge in [0.05, 0.1) is 0 Å². The first-order valence-electron chi connectivity index (χ1n) is 9.58. The number of nitrogens with zero attached hydrogens (tertiary/aromatic N) is 1. The number of carbonyl (C=O) groups excluding carboxylic acids is 1. The maximum Gasteiger partial charge on any atom is 0.220 e. The monoisotopic (exact) mass is 327 g/mol. The largest absolute Gasteiger partial charge is 0.355 e. The molecule has 0 spiro atoms. The van der Waals surface area contributed by atoms with Crippen LogP contribution in [0, 0.1) is 5.92 Å². The Morgan fingerprint density at radius 3 is 2.71 bits per heavy atom. The van der Waals surface area contributed by atoms with Gasteiger partial charge in [-0.05, 0) is 49.1 Å². The molecule has 4 rings (SSSR count). The molecule has 3 heterocycles. The third-order valence-corrected chi connectivity index (χ3v) is 6.00. The van der Waals surface area contributed by atoms with Gasteiger partial charge in [-0.15, -0.1) is 0 Å². The van der Waals surface area contributed by atoms with Gasteiger partial charge >= 0.3 is 0 Å². The van der Waals surface area contributed by atoms with E-state index in [4.69, 9.17) is 0 Å². The number of fused-ring (bicyclic) bond motifs is 3. The first-order chi connectivity index (χ1) is 11.8. The van der Waals surface area contributed by atoms with Crippen molar-refractivity contribution in [1.82, 2.24) is 15.5 Å². The van der Waals surface area contributed by atoms with Crippen LogP contribution < -0.4 is 10.6 Å². The van der Waals surface area contributed by atoms with Crippen molar-refractivity contribution in [3.63, 3.8) is 0 Å². The molecule has 3 aliphatic rings. The molecule has 2 saturated heterocycles. The van der Waals surface area contributed by atoms with Crippen molar-refractivity contribution >= 4 is 5.91 Å². The summed E-state index contributed by atoms with van der Waals surface area (Å²) >= 11 is 0. The highest BCUT2D eigenvalue weighted by Crippen LogP contribution is 2.32. The third kappa shape index (κ3) is 3.81. The zero-order valence-electron chi connectivity index (χ0n) is 14.5. The molecule has 130 valence electrons. The van der Waals surface area contributed by atoms with Gasteiger partial charge in [0.25, 0.3) is 0 Å². The molecular weight excluding hydrogens is 298 g/mol. The standard InChI is InChI=1S/C20H29N3O/c24-20(13-15-11-18-5-6-19(12-15)22-18)21-8-10-23-9-7-16-3-1-2-4-17(16)14-23/h1-4,15,18-19,22H,5-14H2,(H,21,24). The van der Waals surface area contributed by atoms with E-state index in [0.717, 1.165) is 39.0 Å². The molecule has 0 aromatic heterocycles. The van der Waals surface area contributed by atoms with Crippen molar-refractivity contribution in [3.8, 4) is 0 Å². The van der Waals surface area contributed by atoms with Crippen LogP contribution in [0.25, 0.3) is 0 Å². The Bertz CT molecular complexity index is 576. The summed E-state index contributed by atoms with van der Waals surface area (Å²) in [4.78, 5) is 14.7. The second kappa shape index (κ2) is 7.24. The zero-order valence-corrected chi connectivity index (χ0v) is 14.5. The number of hydrogen-bond donors (Lipinski definition) is 2. The summed E-state index contributed by atoms with van der Waals surface area (Å²) in [6.45, 7) is 3.85. The number of nitrogens with one attached hydrogen (secondary N) is 2. The van der Waals surface area contributed by atoms with Gasteiger partial charge in [0, 0.05) is 44.7 Å². The topological polar surface area (TPSA) is 44.4 Å². The highest BCUT2D eigenvalue weighted by molar-refractivity contribution is 5.76. The number of piperidine rings is 1. The van der Waals surface area contributed by atoms with E-state index < -0.39 is 0 Å². The molecule has 0 radical (unpaired) electrons. The lowest BCUT2D eigenvalue weighted by Crippen LogP contribution is -2.41. The van der Waals surface area contributed by atoms with E-state index in [2.05, 4.69) is 39.8 Å². The molecule has 2 unspecified atom stereocenters. The maximum absolute atomic E-state index is 12.2. The molecule has 2 fully saturated rings. The first kappa shape index (κ1) is 16.1. The smallest absolute Gasteiger partial charge is 0.220 e. The van der Waals surface area contributed by atoms with Gasteiger partial charge < -0.3 is 10.6 Å². The number of benzene rings is 1. The van der Waals surface area contributed by atoms with Crippen LogP contribution in [-0.4, -0.2) is 42.5 Å². The van der Waals surface area contributed by atoms with Crippen molar-refractivity contribution in [1.29, 1.82) is 0 Å². The number of amides is 1. The minimum Gasteiger partial charge on any atom is -0.355 e.